The average Bonchev–Trinajstić information content (AvgIpc) is 3.15. The van der Waals surface area contributed by atoms with Gasteiger partial charge in [0.05, 0.1) is 0 Å². The third-order valence-corrected chi connectivity index (χ3v) is 4.72. The Bertz CT molecular complexity index is 606. The lowest BCUT2D eigenvalue weighted by molar-refractivity contribution is -0.124. The Morgan fingerprint density at radius 3 is 2.61 bits per heavy atom. The van der Waals surface area contributed by atoms with Crippen molar-refractivity contribution in [2.75, 3.05) is 6.54 Å². The van der Waals surface area contributed by atoms with Gasteiger partial charge in [-0.05, 0) is 36.5 Å². The molecule has 1 unspecified atom stereocenters. The summed E-state index contributed by atoms with van der Waals surface area (Å²) in [7, 11) is 0. The molecule has 1 saturated carbocycles. The first-order chi connectivity index (χ1) is 11.3. The van der Waals surface area contributed by atoms with E-state index in [-0.39, 0.29) is 17.7 Å². The molecule has 2 aromatic rings. The molecule has 0 saturated heterocycles. The van der Waals surface area contributed by atoms with E-state index in [1.165, 1.54) is 24.0 Å². The van der Waals surface area contributed by atoms with Crippen molar-refractivity contribution in [1.82, 2.24) is 10.3 Å². The summed E-state index contributed by atoms with van der Waals surface area (Å²) in [6.45, 7) is 0.689. The van der Waals surface area contributed by atoms with Crippen molar-refractivity contribution in [1.29, 1.82) is 0 Å². The number of nitrogens with zero attached hydrogens (tertiary/aromatic N) is 1. The second kappa shape index (κ2) is 7.91. The predicted octanol–water partition coefficient (Wildman–Crippen LogP) is 3.71. The van der Waals surface area contributed by atoms with Crippen molar-refractivity contribution in [2.24, 2.45) is 5.92 Å². The van der Waals surface area contributed by atoms with Crippen molar-refractivity contribution in [3.63, 3.8) is 0 Å². The first-order valence-corrected chi connectivity index (χ1v) is 8.54. The highest BCUT2D eigenvalue weighted by atomic mass is 16.1. The first-order valence-electron chi connectivity index (χ1n) is 8.54. The molecule has 1 aliphatic carbocycles. The molecule has 3 nitrogen and oxygen atoms in total. The van der Waals surface area contributed by atoms with Gasteiger partial charge in [-0.15, -0.1) is 0 Å². The molecule has 0 spiro atoms. The molecule has 3 rings (SSSR count). The normalized spacial score (nSPS) is 16.2. The fraction of sp³-hybridized carbons (Fsp3) is 0.400. The maximum Gasteiger partial charge on any atom is 0.223 e. The molecule has 1 aromatic carbocycles. The molecule has 3 heteroatoms. The summed E-state index contributed by atoms with van der Waals surface area (Å²) in [4.78, 5) is 16.5. The van der Waals surface area contributed by atoms with Crippen molar-refractivity contribution < 1.29 is 4.79 Å². The van der Waals surface area contributed by atoms with E-state index in [0.29, 0.717) is 6.54 Å². The monoisotopic (exact) mass is 308 g/mol. The minimum atomic E-state index is 0.227. The highest BCUT2D eigenvalue weighted by Crippen LogP contribution is 2.25. The number of carbonyl (C=O) groups is 1. The highest BCUT2D eigenvalue weighted by Gasteiger charge is 2.23. The zero-order chi connectivity index (χ0) is 15.9. The van der Waals surface area contributed by atoms with Crippen LogP contribution in [-0.4, -0.2) is 17.4 Å². The smallest absolute Gasteiger partial charge is 0.223 e. The van der Waals surface area contributed by atoms with Gasteiger partial charge in [-0.25, -0.2) is 0 Å². The van der Waals surface area contributed by atoms with Crippen LogP contribution in [0.3, 0.4) is 0 Å². The molecule has 1 atom stereocenters. The number of hydrogen-bond acceptors (Lipinski definition) is 2. The van der Waals surface area contributed by atoms with Crippen LogP contribution in [-0.2, 0) is 11.2 Å². The molecule has 0 bridgehead atoms. The van der Waals surface area contributed by atoms with Gasteiger partial charge >= 0.3 is 0 Å². The molecule has 1 aliphatic rings. The summed E-state index contributed by atoms with van der Waals surface area (Å²) in [6.07, 6.45) is 9.07. The largest absolute Gasteiger partial charge is 0.355 e. The lowest BCUT2D eigenvalue weighted by Gasteiger charge is -2.19. The van der Waals surface area contributed by atoms with Gasteiger partial charge in [-0.3, -0.25) is 9.78 Å². The van der Waals surface area contributed by atoms with Gasteiger partial charge < -0.3 is 5.32 Å². The molecule has 0 aliphatic heterocycles. The molecule has 120 valence electrons. The summed E-state index contributed by atoms with van der Waals surface area (Å²) >= 11 is 0. The Labute approximate surface area is 138 Å². The van der Waals surface area contributed by atoms with Crippen molar-refractivity contribution in [3.05, 3.63) is 66.0 Å². The Morgan fingerprint density at radius 1 is 1.13 bits per heavy atom. The zero-order valence-corrected chi connectivity index (χ0v) is 13.4. The molecule has 1 aromatic heterocycles. The van der Waals surface area contributed by atoms with Crippen LogP contribution in [0, 0.1) is 5.92 Å². The summed E-state index contributed by atoms with van der Waals surface area (Å²) < 4.78 is 0. The number of amides is 1. The van der Waals surface area contributed by atoms with Gasteiger partial charge in [0.25, 0.3) is 0 Å². The van der Waals surface area contributed by atoms with Crippen molar-refractivity contribution >= 4 is 5.91 Å². The predicted molar refractivity (Wildman–Crippen MR) is 92.1 cm³/mol. The minimum absolute atomic E-state index is 0.227. The highest BCUT2D eigenvalue weighted by molar-refractivity contribution is 5.78. The number of pyridine rings is 1. The van der Waals surface area contributed by atoms with Crippen LogP contribution >= 0.6 is 0 Å². The Hall–Kier alpha value is -2.16. The number of nitrogens with one attached hydrogen (secondary N) is 1. The van der Waals surface area contributed by atoms with E-state index in [1.807, 2.05) is 18.3 Å². The Balaban J connectivity index is 1.66. The third kappa shape index (κ3) is 4.41. The van der Waals surface area contributed by atoms with E-state index in [9.17, 15) is 4.79 Å². The third-order valence-electron chi connectivity index (χ3n) is 4.72. The fourth-order valence-corrected chi connectivity index (χ4v) is 3.39. The van der Waals surface area contributed by atoms with E-state index >= 15 is 0 Å². The number of hydrogen-bond donors (Lipinski definition) is 1. The summed E-state index contributed by atoms with van der Waals surface area (Å²) in [5.41, 5.74) is 2.47. The maximum atomic E-state index is 12.3. The Kier molecular flexibility index (Phi) is 5.41. The molecule has 1 heterocycles. The standard InChI is InChI=1S/C20H24N2O/c23-20(18-10-4-5-11-18)22-15-19(17-8-2-1-3-9-17)13-16-7-6-12-21-14-16/h1-3,6-9,12,14,18-19H,4-5,10-11,13,15H2,(H,22,23). The summed E-state index contributed by atoms with van der Waals surface area (Å²) in [5, 5.41) is 3.18. The van der Waals surface area contributed by atoms with Crippen LogP contribution in [0.1, 0.15) is 42.7 Å². The van der Waals surface area contributed by atoms with E-state index in [2.05, 4.69) is 40.6 Å². The average molecular weight is 308 g/mol. The van der Waals surface area contributed by atoms with Crippen LogP contribution in [0.15, 0.2) is 54.9 Å². The van der Waals surface area contributed by atoms with Gasteiger partial charge in [0, 0.05) is 30.8 Å². The number of benzene rings is 1. The molecular formula is C20H24N2O. The molecule has 23 heavy (non-hydrogen) atoms. The fourth-order valence-electron chi connectivity index (χ4n) is 3.39. The van der Waals surface area contributed by atoms with Crippen LogP contribution in [0.5, 0.6) is 0 Å². The van der Waals surface area contributed by atoms with Gasteiger partial charge in [0.15, 0.2) is 0 Å². The lowest BCUT2D eigenvalue weighted by Crippen LogP contribution is -2.33. The molecular weight excluding hydrogens is 284 g/mol. The molecule has 1 N–H and O–H groups in total. The lowest BCUT2D eigenvalue weighted by atomic mass is 9.92. The van der Waals surface area contributed by atoms with E-state index < -0.39 is 0 Å². The van der Waals surface area contributed by atoms with E-state index in [0.717, 1.165) is 19.3 Å². The van der Waals surface area contributed by atoms with Gasteiger partial charge in [-0.1, -0.05) is 49.2 Å². The van der Waals surface area contributed by atoms with Crippen LogP contribution in [0.4, 0.5) is 0 Å². The van der Waals surface area contributed by atoms with Gasteiger partial charge in [0.2, 0.25) is 5.91 Å². The van der Waals surface area contributed by atoms with Crippen LogP contribution in [0.25, 0.3) is 0 Å². The van der Waals surface area contributed by atoms with Crippen LogP contribution in [0.2, 0.25) is 0 Å². The van der Waals surface area contributed by atoms with Gasteiger partial charge in [0.1, 0.15) is 0 Å². The van der Waals surface area contributed by atoms with E-state index in [1.54, 1.807) is 6.20 Å². The molecule has 0 radical (unpaired) electrons. The van der Waals surface area contributed by atoms with Crippen molar-refractivity contribution in [2.45, 2.75) is 38.0 Å². The number of aromatic nitrogens is 1. The maximum absolute atomic E-state index is 12.3. The zero-order valence-electron chi connectivity index (χ0n) is 13.4. The second-order valence-corrected chi connectivity index (χ2v) is 6.40. The van der Waals surface area contributed by atoms with Gasteiger partial charge in [-0.2, -0.15) is 0 Å². The number of carbonyl (C=O) groups excluding carboxylic acids is 1. The second-order valence-electron chi connectivity index (χ2n) is 6.40. The minimum Gasteiger partial charge on any atom is -0.355 e. The molecule has 1 amide bonds. The topological polar surface area (TPSA) is 42.0 Å². The Morgan fingerprint density at radius 2 is 1.91 bits per heavy atom. The van der Waals surface area contributed by atoms with E-state index in [4.69, 9.17) is 0 Å². The summed E-state index contributed by atoms with van der Waals surface area (Å²) in [6, 6.07) is 14.5. The molecule has 1 fully saturated rings. The quantitative estimate of drug-likeness (QED) is 0.884. The summed E-state index contributed by atoms with van der Waals surface area (Å²) in [5.74, 6) is 0.741. The number of rotatable bonds is 6. The van der Waals surface area contributed by atoms with Crippen LogP contribution < -0.4 is 5.32 Å². The van der Waals surface area contributed by atoms with Crippen molar-refractivity contribution in [3.8, 4) is 0 Å². The first kappa shape index (κ1) is 15.7. The SMILES string of the molecule is O=C(NCC(Cc1cccnc1)c1ccccc1)C1CCCC1.